The van der Waals surface area contributed by atoms with Crippen LogP contribution in [-0.4, -0.2) is 32.1 Å². The van der Waals surface area contributed by atoms with E-state index in [4.69, 9.17) is 9.47 Å². The quantitative estimate of drug-likeness (QED) is 0.800. The third-order valence-corrected chi connectivity index (χ3v) is 3.76. The number of nitrogens with one attached hydrogen (secondary N) is 2. The van der Waals surface area contributed by atoms with Crippen molar-refractivity contribution in [2.75, 3.05) is 14.2 Å². The summed E-state index contributed by atoms with van der Waals surface area (Å²) in [6.07, 6.45) is 0. The zero-order chi connectivity index (χ0) is 19.1. The average Bonchev–Trinajstić information content (AvgIpc) is 2.65. The van der Waals surface area contributed by atoms with Gasteiger partial charge in [0.2, 0.25) is 5.91 Å². The number of methoxy groups -OCH3 is 2. The lowest BCUT2D eigenvalue weighted by Gasteiger charge is -2.21. The Morgan fingerprint density at radius 2 is 1.42 bits per heavy atom. The van der Waals surface area contributed by atoms with Gasteiger partial charge < -0.3 is 20.1 Å². The Hall–Kier alpha value is -3.02. The first-order valence-electron chi connectivity index (χ1n) is 8.35. The summed E-state index contributed by atoms with van der Waals surface area (Å²) in [5, 5.41) is 5.63. The molecule has 2 amide bonds. The molecule has 0 fully saturated rings. The second-order valence-corrected chi connectivity index (χ2v) is 6.02. The lowest BCUT2D eigenvalue weighted by molar-refractivity contribution is -0.123. The van der Waals surface area contributed by atoms with Crippen LogP contribution in [0.5, 0.6) is 11.5 Å². The first-order valence-corrected chi connectivity index (χ1v) is 8.35. The van der Waals surface area contributed by atoms with Crippen molar-refractivity contribution in [2.45, 2.75) is 25.9 Å². The number of rotatable bonds is 7. The largest absolute Gasteiger partial charge is 0.496 e. The maximum Gasteiger partial charge on any atom is 0.259 e. The highest BCUT2D eigenvalue weighted by atomic mass is 16.5. The molecule has 0 aliphatic carbocycles. The van der Waals surface area contributed by atoms with Crippen LogP contribution in [0, 0.1) is 0 Å². The van der Waals surface area contributed by atoms with Gasteiger partial charge in [-0.3, -0.25) is 9.59 Å². The van der Waals surface area contributed by atoms with Crippen LogP contribution in [0.3, 0.4) is 0 Å². The van der Waals surface area contributed by atoms with E-state index in [1.54, 1.807) is 30.3 Å². The van der Waals surface area contributed by atoms with Gasteiger partial charge >= 0.3 is 0 Å². The molecule has 0 aromatic heterocycles. The molecule has 0 unspecified atom stereocenters. The molecule has 6 nitrogen and oxygen atoms in total. The van der Waals surface area contributed by atoms with Crippen molar-refractivity contribution < 1.29 is 19.1 Å². The van der Waals surface area contributed by atoms with Gasteiger partial charge in [0.05, 0.1) is 14.2 Å². The minimum atomic E-state index is -0.833. The maximum absolute atomic E-state index is 12.9. The summed E-state index contributed by atoms with van der Waals surface area (Å²) in [5.74, 6) is 0.0105. The van der Waals surface area contributed by atoms with E-state index in [1.807, 2.05) is 32.0 Å². The van der Waals surface area contributed by atoms with Crippen molar-refractivity contribution in [2.24, 2.45) is 0 Å². The monoisotopic (exact) mass is 356 g/mol. The lowest BCUT2D eigenvalue weighted by atomic mass is 10.0. The van der Waals surface area contributed by atoms with Crippen LogP contribution < -0.4 is 20.1 Å². The number of ether oxygens (including phenoxy) is 2. The molecule has 0 aliphatic rings. The number of benzene rings is 2. The SMILES string of the molecule is COc1cccc(OC)c1C(=O)N[C@H](C(=O)NC(C)C)c1ccccc1. The minimum Gasteiger partial charge on any atom is -0.496 e. The summed E-state index contributed by atoms with van der Waals surface area (Å²) in [5.41, 5.74) is 0.934. The predicted octanol–water partition coefficient (Wildman–Crippen LogP) is 2.70. The molecule has 0 aliphatic heterocycles. The molecule has 0 saturated carbocycles. The van der Waals surface area contributed by atoms with Gasteiger partial charge in [0.25, 0.3) is 5.91 Å². The van der Waals surface area contributed by atoms with Gasteiger partial charge in [-0.2, -0.15) is 0 Å². The highest BCUT2D eigenvalue weighted by Gasteiger charge is 2.26. The Kier molecular flexibility index (Phi) is 6.60. The fraction of sp³-hybridized carbons (Fsp3) is 0.300. The molecule has 0 saturated heterocycles. The molecule has 0 radical (unpaired) electrons. The van der Waals surface area contributed by atoms with Gasteiger partial charge in [0.15, 0.2) is 0 Å². The van der Waals surface area contributed by atoms with Crippen molar-refractivity contribution in [1.29, 1.82) is 0 Å². The number of hydrogen-bond acceptors (Lipinski definition) is 4. The average molecular weight is 356 g/mol. The van der Waals surface area contributed by atoms with Crippen LogP contribution in [0.25, 0.3) is 0 Å². The van der Waals surface area contributed by atoms with Gasteiger partial charge in [-0.15, -0.1) is 0 Å². The highest BCUT2D eigenvalue weighted by Crippen LogP contribution is 2.29. The minimum absolute atomic E-state index is 0.0496. The van der Waals surface area contributed by atoms with Crippen LogP contribution in [0.2, 0.25) is 0 Å². The third-order valence-electron chi connectivity index (χ3n) is 3.76. The molecule has 1 atom stereocenters. The summed E-state index contributed by atoms with van der Waals surface area (Å²) < 4.78 is 10.6. The second kappa shape index (κ2) is 8.89. The van der Waals surface area contributed by atoms with E-state index >= 15 is 0 Å². The predicted molar refractivity (Wildman–Crippen MR) is 99.5 cm³/mol. The van der Waals surface area contributed by atoms with Crippen molar-refractivity contribution in [3.63, 3.8) is 0 Å². The van der Waals surface area contributed by atoms with E-state index in [0.717, 1.165) is 0 Å². The normalized spacial score (nSPS) is 11.6. The molecule has 2 rings (SSSR count). The van der Waals surface area contributed by atoms with Crippen molar-refractivity contribution in [3.8, 4) is 11.5 Å². The molecule has 0 heterocycles. The maximum atomic E-state index is 12.9. The van der Waals surface area contributed by atoms with Crippen LogP contribution >= 0.6 is 0 Å². The first kappa shape index (κ1) is 19.3. The molecular formula is C20H24N2O4. The van der Waals surface area contributed by atoms with Gasteiger partial charge in [-0.1, -0.05) is 36.4 Å². The summed E-state index contributed by atoms with van der Waals surface area (Å²) in [6.45, 7) is 3.73. The van der Waals surface area contributed by atoms with Crippen LogP contribution in [0.1, 0.15) is 35.8 Å². The fourth-order valence-electron chi connectivity index (χ4n) is 2.59. The number of hydrogen-bond donors (Lipinski definition) is 2. The topological polar surface area (TPSA) is 76.7 Å². The third kappa shape index (κ3) is 4.53. The van der Waals surface area contributed by atoms with E-state index < -0.39 is 11.9 Å². The Bertz CT molecular complexity index is 737. The summed E-state index contributed by atoms with van der Waals surface area (Å²) in [4.78, 5) is 25.6. The van der Waals surface area contributed by atoms with Crippen molar-refractivity contribution >= 4 is 11.8 Å². The van der Waals surface area contributed by atoms with Gasteiger partial charge in [-0.25, -0.2) is 0 Å². The van der Waals surface area contributed by atoms with Crippen LogP contribution in [-0.2, 0) is 4.79 Å². The smallest absolute Gasteiger partial charge is 0.259 e. The molecule has 0 bridgehead atoms. The molecule has 2 aromatic carbocycles. The Labute approximate surface area is 153 Å². The highest BCUT2D eigenvalue weighted by molar-refractivity contribution is 6.02. The van der Waals surface area contributed by atoms with E-state index in [0.29, 0.717) is 17.1 Å². The summed E-state index contributed by atoms with van der Waals surface area (Å²) in [6, 6.07) is 13.3. The Morgan fingerprint density at radius 1 is 0.846 bits per heavy atom. The van der Waals surface area contributed by atoms with Crippen LogP contribution in [0.15, 0.2) is 48.5 Å². The molecule has 138 valence electrons. The standard InChI is InChI=1S/C20H24N2O4/c1-13(2)21-20(24)18(14-9-6-5-7-10-14)22-19(23)17-15(25-3)11-8-12-16(17)26-4/h5-13,18H,1-4H3,(H,21,24)(H,22,23)/t18-/m0/s1. The van der Waals surface area contributed by atoms with Crippen molar-refractivity contribution in [3.05, 3.63) is 59.7 Å². The summed E-state index contributed by atoms with van der Waals surface area (Å²) >= 11 is 0. The zero-order valence-corrected chi connectivity index (χ0v) is 15.4. The molecule has 26 heavy (non-hydrogen) atoms. The molecule has 2 N–H and O–H groups in total. The molecule has 6 heteroatoms. The number of carbonyl (C=O) groups excluding carboxylic acids is 2. The Morgan fingerprint density at radius 3 is 1.92 bits per heavy atom. The van der Waals surface area contributed by atoms with Crippen molar-refractivity contribution in [1.82, 2.24) is 10.6 Å². The van der Waals surface area contributed by atoms with E-state index in [9.17, 15) is 9.59 Å². The molecular weight excluding hydrogens is 332 g/mol. The van der Waals surface area contributed by atoms with Crippen LogP contribution in [0.4, 0.5) is 0 Å². The molecule has 2 aromatic rings. The molecule has 0 spiro atoms. The zero-order valence-electron chi connectivity index (χ0n) is 15.4. The fourth-order valence-corrected chi connectivity index (χ4v) is 2.59. The summed E-state index contributed by atoms with van der Waals surface area (Å²) in [7, 11) is 2.96. The Balaban J connectivity index is 2.37. The van der Waals surface area contributed by atoms with E-state index in [2.05, 4.69) is 10.6 Å². The van der Waals surface area contributed by atoms with Gasteiger partial charge in [0.1, 0.15) is 23.1 Å². The van der Waals surface area contributed by atoms with Gasteiger partial charge in [0, 0.05) is 6.04 Å². The lowest BCUT2D eigenvalue weighted by Crippen LogP contribution is -2.42. The number of carbonyl (C=O) groups is 2. The second-order valence-electron chi connectivity index (χ2n) is 6.02. The van der Waals surface area contributed by atoms with E-state index in [1.165, 1.54) is 14.2 Å². The van der Waals surface area contributed by atoms with Gasteiger partial charge in [-0.05, 0) is 31.5 Å². The number of amides is 2. The van der Waals surface area contributed by atoms with E-state index in [-0.39, 0.29) is 17.5 Å². The first-order chi connectivity index (χ1) is 12.5.